The topological polar surface area (TPSA) is 75.7 Å². The van der Waals surface area contributed by atoms with Crippen LogP contribution in [0.1, 0.15) is 6.42 Å². The van der Waals surface area contributed by atoms with Gasteiger partial charge >= 0.3 is 0 Å². The van der Waals surface area contributed by atoms with Gasteiger partial charge in [0.1, 0.15) is 6.54 Å². The third-order valence-electron chi connectivity index (χ3n) is 4.08. The van der Waals surface area contributed by atoms with Crippen molar-refractivity contribution in [3.63, 3.8) is 0 Å². The lowest BCUT2D eigenvalue weighted by Gasteiger charge is -2.16. The summed E-state index contributed by atoms with van der Waals surface area (Å²) >= 11 is 0. The Morgan fingerprint density at radius 3 is 2.39 bits per heavy atom. The highest BCUT2D eigenvalue weighted by Crippen LogP contribution is 2.52. The van der Waals surface area contributed by atoms with Gasteiger partial charge in [0, 0.05) is 0 Å². The van der Waals surface area contributed by atoms with Gasteiger partial charge in [-0.05, 0) is 18.3 Å². The number of hydroxylamine groups is 1. The van der Waals surface area contributed by atoms with E-state index in [-0.39, 0.29) is 42.0 Å². The largest absolute Gasteiger partial charge is 0.277 e. The molecule has 6 nitrogen and oxygen atoms in total. The van der Waals surface area contributed by atoms with E-state index in [4.69, 9.17) is 0 Å². The molecule has 0 unspecified atom stereocenters. The predicted molar refractivity (Wildman–Crippen MR) is 59.6 cm³/mol. The van der Waals surface area contributed by atoms with Crippen LogP contribution in [0, 0.1) is 23.7 Å². The minimum atomic E-state index is -0.487. The summed E-state index contributed by atoms with van der Waals surface area (Å²) in [7, 11) is 1.31. The van der Waals surface area contributed by atoms with Crippen LogP contribution in [0.15, 0.2) is 12.2 Å². The average Bonchev–Trinajstić information content (AvgIpc) is 2.99. The molecule has 2 aliphatic carbocycles. The highest BCUT2D eigenvalue weighted by molar-refractivity contribution is 6.08. The zero-order chi connectivity index (χ0) is 12.9. The fourth-order valence-corrected chi connectivity index (χ4v) is 3.41. The normalized spacial score (nSPS) is 36.4. The van der Waals surface area contributed by atoms with Gasteiger partial charge in [0.05, 0.1) is 18.9 Å². The lowest BCUT2D eigenvalue weighted by molar-refractivity contribution is -0.147. The standard InChI is InChI=1S/C12H14N2O4/c1-18-13-8(15)5-14-11(16)9-6-2-3-7(4-6)10(9)12(14)17/h2-3,6-7,9-10H,4-5H2,1H3,(H,13,15)/t6-,7-,9-,10+/m0/s1. The molecule has 3 amide bonds. The van der Waals surface area contributed by atoms with Crippen LogP contribution in [-0.4, -0.2) is 36.3 Å². The van der Waals surface area contributed by atoms with E-state index in [1.165, 1.54) is 7.11 Å². The highest BCUT2D eigenvalue weighted by Gasteiger charge is 2.59. The first-order chi connectivity index (χ1) is 8.63. The molecule has 1 saturated heterocycles. The fraction of sp³-hybridized carbons (Fsp3) is 0.583. The maximum Gasteiger partial charge on any atom is 0.263 e. The van der Waals surface area contributed by atoms with Gasteiger partial charge in [-0.3, -0.25) is 24.1 Å². The summed E-state index contributed by atoms with van der Waals surface area (Å²) in [6.45, 7) is -0.252. The van der Waals surface area contributed by atoms with Crippen LogP contribution in [0.5, 0.6) is 0 Å². The lowest BCUT2D eigenvalue weighted by atomic mass is 9.85. The summed E-state index contributed by atoms with van der Waals surface area (Å²) in [6.07, 6.45) is 4.94. The number of nitrogens with zero attached hydrogens (tertiary/aromatic N) is 1. The zero-order valence-corrected chi connectivity index (χ0v) is 9.96. The quantitative estimate of drug-likeness (QED) is 0.415. The molecule has 2 fully saturated rings. The van der Waals surface area contributed by atoms with Crippen LogP contribution < -0.4 is 5.48 Å². The number of fused-ring (bicyclic) bond motifs is 5. The summed E-state index contributed by atoms with van der Waals surface area (Å²) in [5.41, 5.74) is 2.12. The van der Waals surface area contributed by atoms with Crippen molar-refractivity contribution in [3.05, 3.63) is 12.2 Å². The maximum absolute atomic E-state index is 12.2. The molecule has 6 heteroatoms. The first-order valence-corrected chi connectivity index (χ1v) is 5.99. The second-order valence-electron chi connectivity index (χ2n) is 4.99. The number of allylic oxidation sites excluding steroid dienone is 2. The summed E-state index contributed by atoms with van der Waals surface area (Å²) in [5.74, 6) is -1.06. The zero-order valence-electron chi connectivity index (χ0n) is 9.96. The Hall–Kier alpha value is -1.69. The number of rotatable bonds is 3. The van der Waals surface area contributed by atoms with Crippen LogP contribution in [0.4, 0.5) is 0 Å². The molecule has 3 rings (SSSR count). The molecular formula is C12H14N2O4. The number of hydrogen-bond donors (Lipinski definition) is 1. The number of amides is 3. The molecular weight excluding hydrogens is 236 g/mol. The van der Waals surface area contributed by atoms with Gasteiger partial charge in [0.2, 0.25) is 11.8 Å². The first-order valence-electron chi connectivity index (χ1n) is 5.99. The molecule has 3 aliphatic rings. The van der Waals surface area contributed by atoms with E-state index in [1.54, 1.807) is 0 Å². The molecule has 0 spiro atoms. The van der Waals surface area contributed by atoms with E-state index >= 15 is 0 Å². The monoisotopic (exact) mass is 250 g/mol. The number of likely N-dealkylation sites (tertiary alicyclic amines) is 1. The number of imide groups is 1. The Morgan fingerprint density at radius 1 is 1.33 bits per heavy atom. The first kappa shape index (κ1) is 11.4. The molecule has 1 N–H and O–H groups in total. The van der Waals surface area contributed by atoms with Gasteiger partial charge < -0.3 is 0 Å². The number of carbonyl (C=O) groups is 3. The van der Waals surface area contributed by atoms with Gasteiger partial charge in [-0.25, -0.2) is 5.48 Å². The van der Waals surface area contributed by atoms with Crippen molar-refractivity contribution in [2.45, 2.75) is 6.42 Å². The minimum Gasteiger partial charge on any atom is -0.277 e. The van der Waals surface area contributed by atoms with Crippen molar-refractivity contribution >= 4 is 17.7 Å². The van der Waals surface area contributed by atoms with Crippen molar-refractivity contribution in [2.24, 2.45) is 23.7 Å². The highest BCUT2D eigenvalue weighted by atomic mass is 16.6. The molecule has 1 heterocycles. The Balaban J connectivity index is 1.78. The molecule has 96 valence electrons. The summed E-state index contributed by atoms with van der Waals surface area (Å²) in [4.78, 5) is 41.3. The van der Waals surface area contributed by atoms with Gasteiger partial charge in [-0.15, -0.1) is 0 Å². The van der Waals surface area contributed by atoms with Crippen LogP contribution >= 0.6 is 0 Å². The molecule has 0 aromatic carbocycles. The molecule has 4 atom stereocenters. The smallest absolute Gasteiger partial charge is 0.263 e. The fourth-order valence-electron chi connectivity index (χ4n) is 3.41. The summed E-state index contributed by atoms with van der Waals surface area (Å²) < 4.78 is 0. The summed E-state index contributed by atoms with van der Waals surface area (Å²) in [5, 5.41) is 0. The van der Waals surface area contributed by atoms with Crippen molar-refractivity contribution in [1.29, 1.82) is 0 Å². The number of nitrogens with one attached hydrogen (secondary N) is 1. The molecule has 1 aliphatic heterocycles. The number of hydrogen-bond acceptors (Lipinski definition) is 4. The second-order valence-corrected chi connectivity index (χ2v) is 4.99. The third kappa shape index (κ3) is 1.42. The SMILES string of the molecule is CONC(=O)CN1C(=O)[C@@H]2[C@H](C1=O)[C@H]1C=C[C@H]2C1. The van der Waals surface area contributed by atoms with Gasteiger partial charge in [0.25, 0.3) is 5.91 Å². The van der Waals surface area contributed by atoms with Gasteiger partial charge in [-0.1, -0.05) is 12.2 Å². The van der Waals surface area contributed by atoms with Crippen LogP contribution in [0.2, 0.25) is 0 Å². The molecule has 0 radical (unpaired) electrons. The Morgan fingerprint density at radius 2 is 1.89 bits per heavy atom. The number of carbonyl (C=O) groups excluding carboxylic acids is 3. The average molecular weight is 250 g/mol. The van der Waals surface area contributed by atoms with Gasteiger partial charge in [-0.2, -0.15) is 0 Å². The minimum absolute atomic E-state index is 0.173. The van der Waals surface area contributed by atoms with E-state index in [0.29, 0.717) is 0 Å². The van der Waals surface area contributed by atoms with E-state index in [2.05, 4.69) is 10.3 Å². The Labute approximate surface area is 104 Å². The maximum atomic E-state index is 12.2. The van der Waals surface area contributed by atoms with Crippen LogP contribution in [0.3, 0.4) is 0 Å². The van der Waals surface area contributed by atoms with Crippen molar-refractivity contribution in [1.82, 2.24) is 10.4 Å². The van der Waals surface area contributed by atoms with Crippen LogP contribution in [-0.2, 0) is 19.2 Å². The van der Waals surface area contributed by atoms with E-state index in [9.17, 15) is 14.4 Å². The van der Waals surface area contributed by atoms with Crippen molar-refractivity contribution in [3.8, 4) is 0 Å². The molecule has 0 aromatic heterocycles. The van der Waals surface area contributed by atoms with E-state index in [0.717, 1.165) is 11.3 Å². The van der Waals surface area contributed by atoms with E-state index in [1.807, 2.05) is 12.2 Å². The lowest BCUT2D eigenvalue weighted by Crippen LogP contribution is -2.41. The van der Waals surface area contributed by atoms with Gasteiger partial charge in [0.15, 0.2) is 0 Å². The summed E-state index contributed by atoms with van der Waals surface area (Å²) in [6, 6.07) is 0. The van der Waals surface area contributed by atoms with Crippen molar-refractivity contribution < 1.29 is 19.2 Å². The third-order valence-corrected chi connectivity index (χ3v) is 4.08. The molecule has 0 aromatic rings. The molecule has 2 bridgehead atoms. The molecule has 18 heavy (non-hydrogen) atoms. The van der Waals surface area contributed by atoms with Crippen molar-refractivity contribution in [2.75, 3.05) is 13.7 Å². The van der Waals surface area contributed by atoms with E-state index < -0.39 is 5.91 Å². The second kappa shape index (κ2) is 3.91. The predicted octanol–water partition coefficient (Wildman–Crippen LogP) is -0.529. The van der Waals surface area contributed by atoms with Crippen LogP contribution in [0.25, 0.3) is 0 Å². The molecule has 1 saturated carbocycles. The Bertz CT molecular complexity index is 429. The Kier molecular flexibility index (Phi) is 2.48.